The Bertz CT molecular complexity index is 1410. The van der Waals surface area contributed by atoms with Crippen LogP contribution in [0.25, 0.3) is 10.9 Å². The Labute approximate surface area is 199 Å². The van der Waals surface area contributed by atoms with Crippen molar-refractivity contribution in [2.24, 2.45) is 0 Å². The second kappa shape index (κ2) is 8.70. The Morgan fingerprint density at radius 2 is 1.69 bits per heavy atom. The molecule has 35 heavy (non-hydrogen) atoms. The van der Waals surface area contributed by atoms with E-state index in [0.29, 0.717) is 49.5 Å². The number of rotatable bonds is 6. The number of nitrogens with zero attached hydrogens (tertiary/aromatic N) is 3. The van der Waals surface area contributed by atoms with Gasteiger partial charge in [-0.05, 0) is 31.0 Å². The lowest BCUT2D eigenvalue weighted by molar-refractivity contribution is 0.0683. The molecule has 1 saturated heterocycles. The molecule has 2 aromatic carbocycles. The highest BCUT2D eigenvalue weighted by atomic mass is 19.1. The van der Waals surface area contributed by atoms with Gasteiger partial charge in [0.05, 0.1) is 11.2 Å². The first-order chi connectivity index (χ1) is 16.7. The third kappa shape index (κ3) is 4.21. The number of phenols is 1. The smallest absolute Gasteiger partial charge is 0.341 e. The minimum Gasteiger partial charge on any atom is -0.507 e. The van der Waals surface area contributed by atoms with E-state index in [0.717, 1.165) is 18.9 Å². The van der Waals surface area contributed by atoms with Gasteiger partial charge in [-0.1, -0.05) is 12.1 Å². The van der Waals surface area contributed by atoms with E-state index >= 15 is 4.39 Å². The highest BCUT2D eigenvalue weighted by Crippen LogP contribution is 2.38. The number of anilines is 1. The maximum atomic E-state index is 15.1. The third-order valence-corrected chi connectivity index (χ3v) is 6.73. The van der Waals surface area contributed by atoms with E-state index in [1.807, 2.05) is 4.90 Å². The van der Waals surface area contributed by atoms with Gasteiger partial charge in [0.15, 0.2) is 0 Å². The summed E-state index contributed by atoms with van der Waals surface area (Å²) in [6.07, 6.45) is 3.11. The molecule has 0 atom stereocenters. The highest BCUT2D eigenvalue weighted by molar-refractivity contribution is 5.93. The minimum atomic E-state index is -1.33. The number of hydrogen-bond donors (Lipinski definition) is 3. The van der Waals surface area contributed by atoms with E-state index in [1.54, 1.807) is 22.8 Å². The van der Waals surface area contributed by atoms with Crippen molar-refractivity contribution in [3.63, 3.8) is 0 Å². The topological polar surface area (TPSA) is 123 Å². The number of pyridine rings is 1. The summed E-state index contributed by atoms with van der Waals surface area (Å²) >= 11 is 0. The number of hydrogen-bond acceptors (Lipinski definition) is 6. The van der Waals surface area contributed by atoms with Gasteiger partial charge in [-0.2, -0.15) is 0 Å². The van der Waals surface area contributed by atoms with Gasteiger partial charge in [-0.3, -0.25) is 9.69 Å². The SMILES string of the molecule is O=C(O)c1cccc(CN2CCN(c3cc4c(cc3F)c(=O)c(C(=O)O)cn4C3CC3)CC2)c1O. The van der Waals surface area contributed by atoms with Crippen LogP contribution in [0.1, 0.15) is 45.2 Å². The molecule has 2 heterocycles. The molecule has 9 nitrogen and oxygen atoms in total. The van der Waals surface area contributed by atoms with Crippen molar-refractivity contribution < 1.29 is 29.3 Å². The minimum absolute atomic E-state index is 0.0606. The van der Waals surface area contributed by atoms with E-state index in [-0.39, 0.29) is 28.3 Å². The fourth-order valence-corrected chi connectivity index (χ4v) is 4.69. The van der Waals surface area contributed by atoms with Crippen LogP contribution in [0.4, 0.5) is 10.1 Å². The average molecular weight is 481 g/mol. The molecule has 3 aromatic rings. The van der Waals surface area contributed by atoms with Gasteiger partial charge in [-0.25, -0.2) is 14.0 Å². The number of carboxylic acids is 2. The van der Waals surface area contributed by atoms with E-state index in [1.165, 1.54) is 12.3 Å². The number of halogens is 1. The second-order valence-electron chi connectivity index (χ2n) is 9.02. The summed E-state index contributed by atoms with van der Waals surface area (Å²) in [5.41, 5.74) is 0.190. The highest BCUT2D eigenvalue weighted by Gasteiger charge is 2.28. The molecule has 0 amide bonds. The zero-order chi connectivity index (χ0) is 24.9. The molecular weight excluding hydrogens is 457 g/mol. The van der Waals surface area contributed by atoms with Crippen molar-refractivity contribution in [1.29, 1.82) is 0 Å². The van der Waals surface area contributed by atoms with Gasteiger partial charge in [-0.15, -0.1) is 0 Å². The van der Waals surface area contributed by atoms with Crippen molar-refractivity contribution >= 4 is 28.5 Å². The summed E-state index contributed by atoms with van der Waals surface area (Å²) in [4.78, 5) is 39.4. The lowest BCUT2D eigenvalue weighted by Gasteiger charge is -2.36. The van der Waals surface area contributed by atoms with Crippen LogP contribution in [0.15, 0.2) is 41.3 Å². The number of aromatic hydroxyl groups is 1. The van der Waals surface area contributed by atoms with Gasteiger partial charge >= 0.3 is 11.9 Å². The molecule has 2 aliphatic rings. The van der Waals surface area contributed by atoms with Crippen LogP contribution in [-0.2, 0) is 6.54 Å². The van der Waals surface area contributed by atoms with Crippen molar-refractivity contribution in [3.8, 4) is 5.75 Å². The summed E-state index contributed by atoms with van der Waals surface area (Å²) in [7, 11) is 0. The quantitative estimate of drug-likeness (QED) is 0.491. The molecule has 5 rings (SSSR count). The summed E-state index contributed by atoms with van der Waals surface area (Å²) in [6, 6.07) is 7.49. The molecule has 0 spiro atoms. The van der Waals surface area contributed by atoms with Gasteiger partial charge in [0.25, 0.3) is 0 Å². The van der Waals surface area contributed by atoms with Gasteiger partial charge in [0.2, 0.25) is 5.43 Å². The van der Waals surface area contributed by atoms with Crippen LogP contribution >= 0.6 is 0 Å². The molecule has 3 N–H and O–H groups in total. The number of aromatic nitrogens is 1. The Balaban J connectivity index is 1.39. The fraction of sp³-hybridized carbons (Fsp3) is 0.320. The van der Waals surface area contributed by atoms with E-state index in [4.69, 9.17) is 0 Å². The first-order valence-electron chi connectivity index (χ1n) is 11.4. The number of aromatic carboxylic acids is 2. The molecular formula is C25H24FN3O6. The molecule has 0 unspecified atom stereocenters. The molecule has 0 bridgehead atoms. The van der Waals surface area contributed by atoms with Gasteiger partial charge < -0.3 is 24.8 Å². The van der Waals surface area contributed by atoms with Crippen LogP contribution in [-0.4, -0.2) is 62.9 Å². The van der Waals surface area contributed by atoms with Crippen molar-refractivity contribution in [1.82, 2.24) is 9.47 Å². The molecule has 10 heteroatoms. The second-order valence-corrected chi connectivity index (χ2v) is 9.02. The Morgan fingerprint density at radius 3 is 2.31 bits per heavy atom. The predicted molar refractivity (Wildman–Crippen MR) is 126 cm³/mol. The van der Waals surface area contributed by atoms with Crippen LogP contribution in [0.2, 0.25) is 0 Å². The van der Waals surface area contributed by atoms with Crippen LogP contribution in [0.3, 0.4) is 0 Å². The lowest BCUT2D eigenvalue weighted by Crippen LogP contribution is -2.46. The predicted octanol–water partition coefficient (Wildman–Crippen LogP) is 2.90. The maximum Gasteiger partial charge on any atom is 0.341 e. The number of benzene rings is 2. The van der Waals surface area contributed by atoms with Gasteiger partial charge in [0, 0.05) is 55.9 Å². The zero-order valence-electron chi connectivity index (χ0n) is 18.8. The van der Waals surface area contributed by atoms with Crippen LogP contribution in [0.5, 0.6) is 5.75 Å². The molecule has 1 saturated carbocycles. The molecule has 1 aliphatic heterocycles. The zero-order valence-corrected chi connectivity index (χ0v) is 18.8. The van der Waals surface area contributed by atoms with Crippen molar-refractivity contribution in [2.45, 2.75) is 25.4 Å². The van der Waals surface area contributed by atoms with Crippen LogP contribution in [0, 0.1) is 5.82 Å². The van der Waals surface area contributed by atoms with Crippen molar-refractivity contribution in [2.75, 3.05) is 31.1 Å². The number of para-hydroxylation sites is 1. The largest absolute Gasteiger partial charge is 0.507 e. The maximum absolute atomic E-state index is 15.1. The number of carbonyl (C=O) groups is 2. The third-order valence-electron chi connectivity index (χ3n) is 6.73. The first kappa shape index (κ1) is 22.9. The Hall–Kier alpha value is -3.92. The molecule has 0 radical (unpaired) electrons. The summed E-state index contributed by atoms with van der Waals surface area (Å²) in [5.74, 6) is -3.35. The molecule has 1 aliphatic carbocycles. The summed E-state index contributed by atoms with van der Waals surface area (Å²) in [5, 5.41) is 29.0. The number of fused-ring (bicyclic) bond motifs is 1. The van der Waals surface area contributed by atoms with Crippen molar-refractivity contribution in [3.05, 3.63) is 69.3 Å². The summed E-state index contributed by atoms with van der Waals surface area (Å²) < 4.78 is 16.9. The number of carboxylic acid groups (broad SMARTS) is 2. The van der Waals surface area contributed by atoms with Gasteiger partial charge in [0.1, 0.15) is 22.7 Å². The van der Waals surface area contributed by atoms with E-state index in [2.05, 4.69) is 4.90 Å². The Morgan fingerprint density at radius 1 is 1.00 bits per heavy atom. The summed E-state index contributed by atoms with van der Waals surface area (Å²) in [6.45, 7) is 2.45. The molecule has 182 valence electrons. The molecule has 1 aromatic heterocycles. The first-order valence-corrected chi connectivity index (χ1v) is 11.4. The lowest BCUT2D eigenvalue weighted by atomic mass is 10.1. The van der Waals surface area contributed by atoms with E-state index in [9.17, 15) is 29.7 Å². The number of piperazine rings is 1. The Kier molecular flexibility index (Phi) is 5.68. The normalized spacial score (nSPS) is 16.5. The average Bonchev–Trinajstić information content (AvgIpc) is 3.66. The van der Waals surface area contributed by atoms with Crippen LogP contribution < -0.4 is 10.3 Å². The standard InChI is InChI=1S/C25H24FN3O6/c26-19-10-17-20(29(15-4-5-15)13-18(23(17)31)25(34)35)11-21(19)28-8-6-27(7-9-28)12-14-2-1-3-16(22(14)30)24(32)33/h1-3,10-11,13,15,30H,4-9,12H2,(H,32,33)(H,34,35). The molecule has 2 fully saturated rings. The van der Waals surface area contributed by atoms with E-state index < -0.39 is 23.2 Å². The fourth-order valence-electron chi connectivity index (χ4n) is 4.69. The monoisotopic (exact) mass is 481 g/mol.